The molecule has 0 unspecified atom stereocenters. The Bertz CT molecular complexity index is 657. The molecule has 2 aromatic rings. The first kappa shape index (κ1) is 15.4. The SMILES string of the molecule is O=C1C[C@@H](S)CN1Cc1ccc(Oc2ccc(Br)cc2)cc1. The van der Waals surface area contributed by atoms with E-state index in [0.717, 1.165) is 28.1 Å². The summed E-state index contributed by atoms with van der Waals surface area (Å²) in [5, 5.41) is 0.160. The Labute approximate surface area is 143 Å². The van der Waals surface area contributed by atoms with Crippen molar-refractivity contribution in [3.05, 3.63) is 58.6 Å². The van der Waals surface area contributed by atoms with Gasteiger partial charge in [-0.3, -0.25) is 4.79 Å². The summed E-state index contributed by atoms with van der Waals surface area (Å²) in [6.07, 6.45) is 0.536. The molecule has 1 fully saturated rings. The van der Waals surface area contributed by atoms with Crippen LogP contribution in [0.5, 0.6) is 11.5 Å². The molecule has 0 aromatic heterocycles. The van der Waals surface area contributed by atoms with Crippen LogP contribution in [-0.2, 0) is 11.3 Å². The summed E-state index contributed by atoms with van der Waals surface area (Å²) < 4.78 is 6.80. The number of amides is 1. The van der Waals surface area contributed by atoms with Crippen LogP contribution in [-0.4, -0.2) is 22.6 Å². The van der Waals surface area contributed by atoms with E-state index in [-0.39, 0.29) is 11.2 Å². The summed E-state index contributed by atoms with van der Waals surface area (Å²) >= 11 is 7.77. The van der Waals surface area contributed by atoms with E-state index in [0.29, 0.717) is 13.0 Å². The van der Waals surface area contributed by atoms with E-state index in [4.69, 9.17) is 4.74 Å². The van der Waals surface area contributed by atoms with Gasteiger partial charge in [-0.05, 0) is 42.0 Å². The number of halogens is 1. The summed E-state index contributed by atoms with van der Waals surface area (Å²) in [6.45, 7) is 1.35. The van der Waals surface area contributed by atoms with Crippen LogP contribution in [0.1, 0.15) is 12.0 Å². The van der Waals surface area contributed by atoms with Crippen molar-refractivity contribution in [2.75, 3.05) is 6.54 Å². The number of carbonyl (C=O) groups is 1. The predicted molar refractivity (Wildman–Crippen MR) is 93.5 cm³/mol. The third-order valence-corrected chi connectivity index (χ3v) is 4.41. The molecule has 0 bridgehead atoms. The standard InChI is InChI=1S/C17H16BrNO2S/c18-13-3-7-15(8-4-13)21-14-5-1-12(2-6-14)10-19-11-16(22)9-17(19)20/h1-8,16,22H,9-11H2/t16-/m1/s1. The van der Waals surface area contributed by atoms with Crippen LogP contribution in [0.4, 0.5) is 0 Å². The predicted octanol–water partition coefficient (Wildman–Crippen LogP) is 4.27. The quantitative estimate of drug-likeness (QED) is 0.806. The molecule has 1 aliphatic heterocycles. The van der Waals surface area contributed by atoms with Gasteiger partial charge in [-0.1, -0.05) is 28.1 Å². The second-order valence-corrected chi connectivity index (χ2v) is 6.98. The summed E-state index contributed by atoms with van der Waals surface area (Å²) in [5.74, 6) is 1.75. The van der Waals surface area contributed by atoms with Gasteiger partial charge in [0.2, 0.25) is 5.91 Å². The maximum atomic E-state index is 11.8. The van der Waals surface area contributed by atoms with Gasteiger partial charge in [0.05, 0.1) is 0 Å². The zero-order valence-electron chi connectivity index (χ0n) is 11.9. The van der Waals surface area contributed by atoms with Gasteiger partial charge in [0.15, 0.2) is 0 Å². The van der Waals surface area contributed by atoms with Crippen molar-refractivity contribution in [1.82, 2.24) is 4.90 Å². The Morgan fingerprint density at radius 3 is 2.23 bits per heavy atom. The molecule has 1 saturated heterocycles. The smallest absolute Gasteiger partial charge is 0.224 e. The van der Waals surface area contributed by atoms with Crippen molar-refractivity contribution in [3.63, 3.8) is 0 Å². The molecule has 0 aliphatic carbocycles. The van der Waals surface area contributed by atoms with Gasteiger partial charge in [0.25, 0.3) is 0 Å². The molecule has 1 atom stereocenters. The normalized spacial score (nSPS) is 17.8. The summed E-state index contributed by atoms with van der Waals surface area (Å²) in [7, 11) is 0. The number of hydrogen-bond acceptors (Lipinski definition) is 3. The van der Waals surface area contributed by atoms with E-state index >= 15 is 0 Å². The fourth-order valence-electron chi connectivity index (χ4n) is 2.43. The lowest BCUT2D eigenvalue weighted by atomic mass is 10.2. The van der Waals surface area contributed by atoms with Crippen molar-refractivity contribution in [3.8, 4) is 11.5 Å². The number of carbonyl (C=O) groups excluding carboxylic acids is 1. The minimum atomic E-state index is 0.160. The molecule has 3 rings (SSSR count). The summed E-state index contributed by atoms with van der Waals surface area (Å²) in [5.41, 5.74) is 1.10. The zero-order chi connectivity index (χ0) is 15.5. The first-order valence-corrected chi connectivity index (χ1v) is 8.39. The molecule has 1 amide bonds. The number of rotatable bonds is 4. The van der Waals surface area contributed by atoms with Crippen LogP contribution in [0, 0.1) is 0 Å². The highest BCUT2D eigenvalue weighted by atomic mass is 79.9. The largest absolute Gasteiger partial charge is 0.457 e. The van der Waals surface area contributed by atoms with Gasteiger partial charge < -0.3 is 9.64 Å². The van der Waals surface area contributed by atoms with Crippen LogP contribution in [0.15, 0.2) is 53.0 Å². The van der Waals surface area contributed by atoms with Crippen LogP contribution in [0.25, 0.3) is 0 Å². The highest BCUT2D eigenvalue weighted by molar-refractivity contribution is 9.10. The van der Waals surface area contributed by atoms with E-state index in [1.807, 2.05) is 53.4 Å². The molecule has 0 spiro atoms. The maximum Gasteiger partial charge on any atom is 0.224 e. The molecule has 2 aromatic carbocycles. The number of likely N-dealkylation sites (tertiary alicyclic amines) is 1. The van der Waals surface area contributed by atoms with Crippen molar-refractivity contribution >= 4 is 34.5 Å². The minimum Gasteiger partial charge on any atom is -0.457 e. The topological polar surface area (TPSA) is 29.5 Å². The van der Waals surface area contributed by atoms with Crippen molar-refractivity contribution in [2.45, 2.75) is 18.2 Å². The molecule has 1 heterocycles. The van der Waals surface area contributed by atoms with E-state index in [9.17, 15) is 4.79 Å². The molecule has 22 heavy (non-hydrogen) atoms. The number of ether oxygens (including phenoxy) is 1. The lowest BCUT2D eigenvalue weighted by Crippen LogP contribution is -2.24. The van der Waals surface area contributed by atoms with Crippen molar-refractivity contribution in [1.29, 1.82) is 0 Å². The highest BCUT2D eigenvalue weighted by Gasteiger charge is 2.26. The Kier molecular flexibility index (Phi) is 4.74. The first-order chi connectivity index (χ1) is 10.6. The minimum absolute atomic E-state index is 0.160. The number of benzene rings is 2. The Balaban J connectivity index is 1.63. The van der Waals surface area contributed by atoms with E-state index in [1.54, 1.807) is 0 Å². The second kappa shape index (κ2) is 6.75. The monoisotopic (exact) mass is 377 g/mol. The van der Waals surface area contributed by atoms with Gasteiger partial charge in [-0.15, -0.1) is 0 Å². The van der Waals surface area contributed by atoms with Crippen molar-refractivity contribution < 1.29 is 9.53 Å². The molecule has 1 aliphatic rings. The van der Waals surface area contributed by atoms with Gasteiger partial charge in [0, 0.05) is 29.2 Å². The lowest BCUT2D eigenvalue weighted by Gasteiger charge is -2.16. The lowest BCUT2D eigenvalue weighted by molar-refractivity contribution is -0.128. The first-order valence-electron chi connectivity index (χ1n) is 7.08. The fraction of sp³-hybridized carbons (Fsp3) is 0.235. The molecule has 0 saturated carbocycles. The zero-order valence-corrected chi connectivity index (χ0v) is 14.4. The molecular weight excluding hydrogens is 362 g/mol. The molecule has 114 valence electrons. The Morgan fingerprint density at radius 1 is 1.09 bits per heavy atom. The van der Waals surface area contributed by atoms with Crippen molar-refractivity contribution in [2.24, 2.45) is 0 Å². The van der Waals surface area contributed by atoms with Crippen LogP contribution < -0.4 is 4.74 Å². The van der Waals surface area contributed by atoms with E-state index in [2.05, 4.69) is 28.6 Å². The number of hydrogen-bond donors (Lipinski definition) is 1. The van der Waals surface area contributed by atoms with E-state index in [1.165, 1.54) is 0 Å². The Morgan fingerprint density at radius 2 is 1.68 bits per heavy atom. The Hall–Kier alpha value is -1.46. The van der Waals surface area contributed by atoms with Crippen LogP contribution in [0.2, 0.25) is 0 Å². The van der Waals surface area contributed by atoms with Gasteiger partial charge in [-0.2, -0.15) is 12.6 Å². The summed E-state index contributed by atoms with van der Waals surface area (Å²) in [6, 6.07) is 15.5. The van der Waals surface area contributed by atoms with Gasteiger partial charge in [-0.25, -0.2) is 0 Å². The molecule has 0 N–H and O–H groups in total. The molecule has 0 radical (unpaired) electrons. The maximum absolute atomic E-state index is 11.8. The molecule has 3 nitrogen and oxygen atoms in total. The average Bonchev–Trinajstić information content (AvgIpc) is 2.81. The van der Waals surface area contributed by atoms with E-state index < -0.39 is 0 Å². The molecule has 5 heteroatoms. The third-order valence-electron chi connectivity index (χ3n) is 3.54. The highest BCUT2D eigenvalue weighted by Crippen LogP contribution is 2.24. The van der Waals surface area contributed by atoms with Gasteiger partial charge >= 0.3 is 0 Å². The third kappa shape index (κ3) is 3.84. The molecular formula is C17H16BrNO2S. The number of thiol groups is 1. The number of nitrogens with zero attached hydrogens (tertiary/aromatic N) is 1. The van der Waals surface area contributed by atoms with Gasteiger partial charge in [0.1, 0.15) is 11.5 Å². The fourth-order valence-corrected chi connectivity index (χ4v) is 3.04. The second-order valence-electron chi connectivity index (χ2n) is 5.33. The van der Waals surface area contributed by atoms with Crippen LogP contribution >= 0.6 is 28.6 Å². The van der Waals surface area contributed by atoms with Crippen LogP contribution in [0.3, 0.4) is 0 Å². The average molecular weight is 378 g/mol. The summed E-state index contributed by atoms with van der Waals surface area (Å²) in [4.78, 5) is 13.6.